The van der Waals surface area contributed by atoms with Gasteiger partial charge < -0.3 is 19.9 Å². The number of aromatic nitrogens is 4. The normalized spacial score (nSPS) is 11.0. The Balaban J connectivity index is 1.68. The predicted molar refractivity (Wildman–Crippen MR) is 125 cm³/mol. The molecule has 0 radical (unpaired) electrons. The van der Waals surface area contributed by atoms with Crippen molar-refractivity contribution < 1.29 is 9.53 Å². The number of nitrogens with one attached hydrogen (secondary N) is 2. The van der Waals surface area contributed by atoms with E-state index >= 15 is 0 Å². The van der Waals surface area contributed by atoms with Gasteiger partial charge in [-0.2, -0.15) is 0 Å². The summed E-state index contributed by atoms with van der Waals surface area (Å²) >= 11 is 0. The fraction of sp³-hybridized carbons (Fsp3) is 0.250. The molecule has 4 aromatic rings. The molecule has 0 saturated heterocycles. The molecule has 164 valence electrons. The Morgan fingerprint density at radius 2 is 2.03 bits per heavy atom. The summed E-state index contributed by atoms with van der Waals surface area (Å²) in [6.45, 7) is 6.72. The number of amides is 1. The molecule has 8 heteroatoms. The Kier molecular flexibility index (Phi) is 6.02. The Bertz CT molecular complexity index is 1260. The summed E-state index contributed by atoms with van der Waals surface area (Å²) in [5, 5.41) is 7.08. The third-order valence-corrected chi connectivity index (χ3v) is 5.17. The second-order valence-corrected chi connectivity index (χ2v) is 7.60. The second kappa shape index (κ2) is 9.05. The fourth-order valence-electron chi connectivity index (χ4n) is 3.62. The Labute approximate surface area is 186 Å². The van der Waals surface area contributed by atoms with Crippen LogP contribution in [0.15, 0.2) is 55.1 Å². The van der Waals surface area contributed by atoms with Gasteiger partial charge in [-0.25, -0.2) is 9.97 Å². The van der Waals surface area contributed by atoms with Crippen molar-refractivity contribution in [3.8, 4) is 17.0 Å². The van der Waals surface area contributed by atoms with E-state index in [4.69, 9.17) is 9.72 Å². The molecule has 3 heterocycles. The molecule has 0 bridgehead atoms. The molecule has 0 saturated carbocycles. The van der Waals surface area contributed by atoms with Gasteiger partial charge in [0.2, 0.25) is 5.95 Å². The maximum atomic E-state index is 12.1. The van der Waals surface area contributed by atoms with E-state index in [0.29, 0.717) is 35.5 Å². The third-order valence-electron chi connectivity index (χ3n) is 5.17. The standard InChI is InChI=1S/C24H26N6O2/c1-5-26-23(31)16-6-7-20(22(12-16)32-4)29-24-27-11-9-19(28-24)18-14-30(15(2)3)21-13-25-10-8-17(18)21/h6-15H,5H2,1-4H3,(H,26,31)(H,27,28,29). The van der Waals surface area contributed by atoms with Gasteiger partial charge in [0, 0.05) is 47.7 Å². The molecule has 0 aliphatic heterocycles. The van der Waals surface area contributed by atoms with Crippen molar-refractivity contribution in [3.05, 3.63) is 60.7 Å². The van der Waals surface area contributed by atoms with Crippen molar-refractivity contribution in [3.63, 3.8) is 0 Å². The zero-order valence-corrected chi connectivity index (χ0v) is 18.6. The van der Waals surface area contributed by atoms with E-state index in [0.717, 1.165) is 22.2 Å². The number of carbonyl (C=O) groups is 1. The molecular formula is C24H26N6O2. The van der Waals surface area contributed by atoms with Gasteiger partial charge in [-0.05, 0) is 51.1 Å². The minimum atomic E-state index is -0.147. The molecule has 0 aliphatic rings. The fourth-order valence-corrected chi connectivity index (χ4v) is 3.62. The number of anilines is 2. The van der Waals surface area contributed by atoms with Crippen LogP contribution >= 0.6 is 0 Å². The lowest BCUT2D eigenvalue weighted by atomic mass is 10.1. The Morgan fingerprint density at radius 3 is 2.78 bits per heavy atom. The first-order valence-electron chi connectivity index (χ1n) is 10.5. The van der Waals surface area contributed by atoms with Crippen LogP contribution in [0.1, 0.15) is 37.2 Å². The average Bonchev–Trinajstić information content (AvgIpc) is 3.20. The van der Waals surface area contributed by atoms with Crippen molar-refractivity contribution in [2.45, 2.75) is 26.8 Å². The molecule has 0 spiro atoms. The summed E-state index contributed by atoms with van der Waals surface area (Å²) in [7, 11) is 1.56. The van der Waals surface area contributed by atoms with Gasteiger partial charge >= 0.3 is 0 Å². The molecule has 32 heavy (non-hydrogen) atoms. The van der Waals surface area contributed by atoms with Gasteiger partial charge in [-0.1, -0.05) is 0 Å². The van der Waals surface area contributed by atoms with Gasteiger partial charge in [-0.3, -0.25) is 9.78 Å². The van der Waals surface area contributed by atoms with Crippen molar-refractivity contribution in [1.82, 2.24) is 24.8 Å². The van der Waals surface area contributed by atoms with Gasteiger partial charge in [-0.15, -0.1) is 0 Å². The molecular weight excluding hydrogens is 404 g/mol. The number of carbonyl (C=O) groups excluding carboxylic acids is 1. The van der Waals surface area contributed by atoms with Gasteiger partial charge in [0.05, 0.1) is 30.2 Å². The van der Waals surface area contributed by atoms with Crippen molar-refractivity contribution >= 4 is 28.4 Å². The minimum Gasteiger partial charge on any atom is -0.495 e. The summed E-state index contributed by atoms with van der Waals surface area (Å²) < 4.78 is 7.67. The first-order chi connectivity index (χ1) is 15.5. The number of pyridine rings is 1. The van der Waals surface area contributed by atoms with E-state index in [-0.39, 0.29) is 5.91 Å². The topological polar surface area (TPSA) is 94.0 Å². The summed E-state index contributed by atoms with van der Waals surface area (Å²) in [6.07, 6.45) is 7.49. The van der Waals surface area contributed by atoms with E-state index in [9.17, 15) is 4.79 Å². The summed E-state index contributed by atoms with van der Waals surface area (Å²) in [4.78, 5) is 25.5. The van der Waals surface area contributed by atoms with E-state index in [1.165, 1.54) is 0 Å². The monoisotopic (exact) mass is 430 g/mol. The summed E-state index contributed by atoms with van der Waals surface area (Å²) in [5.41, 5.74) is 4.08. The molecule has 8 nitrogen and oxygen atoms in total. The molecule has 2 N–H and O–H groups in total. The first kappa shape index (κ1) is 21.3. The molecule has 0 unspecified atom stereocenters. The molecule has 0 aliphatic carbocycles. The van der Waals surface area contributed by atoms with Crippen LogP contribution in [0, 0.1) is 0 Å². The lowest BCUT2D eigenvalue weighted by Gasteiger charge is -2.12. The van der Waals surface area contributed by atoms with Crippen LogP contribution < -0.4 is 15.4 Å². The second-order valence-electron chi connectivity index (χ2n) is 7.60. The van der Waals surface area contributed by atoms with Crippen molar-refractivity contribution in [2.75, 3.05) is 19.0 Å². The highest BCUT2D eigenvalue weighted by Gasteiger charge is 2.15. The van der Waals surface area contributed by atoms with E-state index < -0.39 is 0 Å². The highest BCUT2D eigenvalue weighted by molar-refractivity contribution is 5.96. The molecule has 3 aromatic heterocycles. The Hall–Kier alpha value is -3.94. The molecule has 1 amide bonds. The summed E-state index contributed by atoms with van der Waals surface area (Å²) in [6, 6.07) is 9.41. The average molecular weight is 431 g/mol. The lowest BCUT2D eigenvalue weighted by Crippen LogP contribution is -2.22. The minimum absolute atomic E-state index is 0.147. The van der Waals surface area contributed by atoms with E-state index in [1.807, 2.05) is 25.3 Å². The van der Waals surface area contributed by atoms with Crippen LogP contribution in [0.3, 0.4) is 0 Å². The number of hydrogen-bond donors (Lipinski definition) is 2. The largest absolute Gasteiger partial charge is 0.495 e. The summed E-state index contributed by atoms with van der Waals surface area (Å²) in [5.74, 6) is 0.822. The predicted octanol–water partition coefficient (Wildman–Crippen LogP) is 4.58. The van der Waals surface area contributed by atoms with Crippen molar-refractivity contribution in [2.24, 2.45) is 0 Å². The van der Waals surface area contributed by atoms with Crippen LogP contribution in [0.2, 0.25) is 0 Å². The number of hydrogen-bond acceptors (Lipinski definition) is 6. The first-order valence-corrected chi connectivity index (χ1v) is 10.5. The quantitative estimate of drug-likeness (QED) is 0.446. The van der Waals surface area contributed by atoms with Crippen molar-refractivity contribution in [1.29, 1.82) is 0 Å². The van der Waals surface area contributed by atoms with Crippen LogP contribution in [-0.4, -0.2) is 39.1 Å². The molecule has 1 aromatic carbocycles. The number of fused-ring (bicyclic) bond motifs is 1. The maximum Gasteiger partial charge on any atom is 0.251 e. The van der Waals surface area contributed by atoms with Gasteiger partial charge in [0.15, 0.2) is 0 Å². The van der Waals surface area contributed by atoms with Crippen LogP contribution in [-0.2, 0) is 0 Å². The van der Waals surface area contributed by atoms with E-state index in [1.54, 1.807) is 37.7 Å². The number of ether oxygens (including phenoxy) is 1. The van der Waals surface area contributed by atoms with Crippen LogP contribution in [0.25, 0.3) is 22.2 Å². The number of rotatable bonds is 7. The van der Waals surface area contributed by atoms with Gasteiger partial charge in [0.25, 0.3) is 5.91 Å². The highest BCUT2D eigenvalue weighted by atomic mass is 16.5. The van der Waals surface area contributed by atoms with Gasteiger partial charge in [0.1, 0.15) is 5.75 Å². The molecule has 4 rings (SSSR count). The van der Waals surface area contributed by atoms with E-state index in [2.05, 4.69) is 45.2 Å². The SMILES string of the molecule is CCNC(=O)c1ccc(Nc2nccc(-c3cn(C(C)C)c4cnccc34)n2)c(OC)c1. The highest BCUT2D eigenvalue weighted by Crippen LogP contribution is 2.32. The smallest absolute Gasteiger partial charge is 0.251 e. The number of benzene rings is 1. The molecule has 0 fully saturated rings. The molecule has 0 atom stereocenters. The number of nitrogens with zero attached hydrogens (tertiary/aromatic N) is 4. The number of methoxy groups -OCH3 is 1. The lowest BCUT2D eigenvalue weighted by molar-refractivity contribution is 0.0955. The maximum absolute atomic E-state index is 12.1. The van der Waals surface area contributed by atoms with Crippen LogP contribution in [0.4, 0.5) is 11.6 Å². The third kappa shape index (κ3) is 4.12. The van der Waals surface area contributed by atoms with Crippen LogP contribution in [0.5, 0.6) is 5.75 Å². The zero-order valence-electron chi connectivity index (χ0n) is 18.6. The zero-order chi connectivity index (χ0) is 22.7. The Morgan fingerprint density at radius 1 is 1.19 bits per heavy atom.